The average Bonchev–Trinajstić information content (AvgIpc) is 3.73. The molecule has 5 atom stereocenters. The summed E-state index contributed by atoms with van der Waals surface area (Å²) in [6, 6.07) is 0. The van der Waals surface area contributed by atoms with Crippen LogP contribution in [-0.4, -0.2) is 95.9 Å². The van der Waals surface area contributed by atoms with Crippen molar-refractivity contribution < 1.29 is 75.8 Å². The molecule has 0 fully saturated rings. The van der Waals surface area contributed by atoms with Crippen molar-refractivity contribution in [3.05, 3.63) is 158 Å². The van der Waals surface area contributed by atoms with Crippen molar-refractivity contribution in [2.45, 2.75) is 257 Å². The third-order valence-corrected chi connectivity index (χ3v) is 15.6. The lowest BCUT2D eigenvalue weighted by molar-refractivity contribution is -0.161. The number of hydrogen-bond donors (Lipinski definition) is 4. The predicted molar refractivity (Wildman–Crippen MR) is 380 cm³/mol. The Labute approximate surface area is 561 Å². The molecule has 0 radical (unpaired) electrons. The van der Waals surface area contributed by atoms with E-state index in [1.807, 2.05) is 0 Å². The summed E-state index contributed by atoms with van der Waals surface area (Å²) >= 11 is 0. The molecule has 0 heterocycles. The monoisotopic (exact) mass is 1340 g/mol. The van der Waals surface area contributed by atoms with E-state index in [1.54, 1.807) is 0 Å². The Bertz CT molecular complexity index is 2320. The van der Waals surface area contributed by atoms with Crippen LogP contribution in [0.2, 0.25) is 0 Å². The predicted octanol–water partition coefficient (Wildman–Crippen LogP) is 19.5. The molecule has 0 spiro atoms. The van der Waals surface area contributed by atoms with Crippen molar-refractivity contribution in [2.24, 2.45) is 0 Å². The zero-order valence-corrected chi connectivity index (χ0v) is 58.9. The topological polar surface area (TPSA) is 231 Å². The van der Waals surface area contributed by atoms with Crippen molar-refractivity contribution in [1.82, 2.24) is 0 Å². The number of allylic oxidation sites excluding steroid dienone is 26. The molecule has 0 bridgehead atoms. The molecule has 0 aliphatic rings. The number of ether oxygens (including phenoxy) is 3. The minimum Gasteiger partial charge on any atom is -0.463 e. The van der Waals surface area contributed by atoms with E-state index in [0.717, 1.165) is 180 Å². The fourth-order valence-electron chi connectivity index (χ4n) is 8.52. The molecule has 0 aromatic heterocycles. The van der Waals surface area contributed by atoms with Gasteiger partial charge in [0.2, 0.25) is 0 Å². The summed E-state index contributed by atoms with van der Waals surface area (Å²) < 4.78 is 60.9. The van der Waals surface area contributed by atoms with Gasteiger partial charge in [-0.25, -0.2) is 9.13 Å². The van der Waals surface area contributed by atoms with E-state index in [2.05, 4.69) is 179 Å². The van der Waals surface area contributed by atoms with Crippen molar-refractivity contribution in [3.8, 4) is 0 Å². The van der Waals surface area contributed by atoms with Crippen LogP contribution in [0.25, 0.3) is 0 Å². The van der Waals surface area contributed by atoms with Gasteiger partial charge in [-0.2, -0.15) is 0 Å². The number of aliphatic hydroxyl groups is 2. The first-order chi connectivity index (χ1) is 45.2. The second kappa shape index (κ2) is 67.2. The van der Waals surface area contributed by atoms with Crippen LogP contribution in [0.15, 0.2) is 158 Å². The summed E-state index contributed by atoms with van der Waals surface area (Å²) in [7, 11) is -9.81. The lowest BCUT2D eigenvalue weighted by Crippen LogP contribution is -2.30. The quantitative estimate of drug-likeness (QED) is 0.0146. The number of rotatable bonds is 64. The maximum absolute atomic E-state index is 12.9. The van der Waals surface area contributed by atoms with Gasteiger partial charge in [-0.05, 0) is 141 Å². The molecule has 0 saturated heterocycles. The van der Waals surface area contributed by atoms with E-state index in [4.69, 9.17) is 32.3 Å². The first kappa shape index (κ1) is 88.2. The highest BCUT2D eigenvalue weighted by Crippen LogP contribution is 2.45. The SMILES string of the molecule is CC/C=C\C/C=C\C/C=C\C/C=C\C/C=C\C/C=C\CCCCCCC(=O)OCC(O)COP(=O)(O)OCC(O)COP(=O)(O)OCC(COC(=O)CCCCCC/C=C\C/C=C\C/C=C\C/C=C\CC)OC(=O)CCCCCCCCC/C=C\C/C=C\C/C=C\CC. The Morgan fingerprint density at radius 2 is 0.538 bits per heavy atom. The molecular weight excluding hydrogens is 1220 g/mol. The van der Waals surface area contributed by atoms with Crippen LogP contribution in [-0.2, 0) is 55.8 Å². The van der Waals surface area contributed by atoms with Crippen molar-refractivity contribution in [1.29, 1.82) is 0 Å². The van der Waals surface area contributed by atoms with E-state index in [0.29, 0.717) is 19.3 Å². The van der Waals surface area contributed by atoms with Crippen LogP contribution >= 0.6 is 15.6 Å². The second-order valence-electron chi connectivity index (χ2n) is 22.5. The van der Waals surface area contributed by atoms with Gasteiger partial charge in [0.1, 0.15) is 25.4 Å². The van der Waals surface area contributed by atoms with Crippen LogP contribution in [0.1, 0.15) is 239 Å². The highest BCUT2D eigenvalue weighted by molar-refractivity contribution is 7.47. The number of carbonyl (C=O) groups is 3. The fraction of sp³-hybridized carbons (Fsp3) is 0.613. The second-order valence-corrected chi connectivity index (χ2v) is 25.4. The molecular formula is C75H122O16P2. The van der Waals surface area contributed by atoms with Gasteiger partial charge in [-0.15, -0.1) is 0 Å². The number of hydrogen-bond acceptors (Lipinski definition) is 14. The van der Waals surface area contributed by atoms with Crippen LogP contribution in [0.4, 0.5) is 0 Å². The molecule has 4 N–H and O–H groups in total. The Kier molecular flexibility index (Phi) is 63.7. The van der Waals surface area contributed by atoms with Crippen molar-refractivity contribution in [2.75, 3.05) is 39.6 Å². The summed E-state index contributed by atoms with van der Waals surface area (Å²) in [5.74, 6) is -1.65. The van der Waals surface area contributed by atoms with E-state index in [1.165, 1.54) is 0 Å². The van der Waals surface area contributed by atoms with E-state index >= 15 is 0 Å². The van der Waals surface area contributed by atoms with Crippen molar-refractivity contribution in [3.63, 3.8) is 0 Å². The van der Waals surface area contributed by atoms with Gasteiger partial charge in [0.15, 0.2) is 6.10 Å². The number of phosphoric ester groups is 2. The average molecular weight is 1340 g/mol. The summed E-state index contributed by atoms with van der Waals surface area (Å²) in [6.45, 7) is 2.23. The van der Waals surface area contributed by atoms with Gasteiger partial charge in [0.25, 0.3) is 0 Å². The number of unbranched alkanes of at least 4 members (excludes halogenated alkanes) is 15. The molecule has 16 nitrogen and oxygen atoms in total. The summed E-state index contributed by atoms with van der Waals surface area (Å²) in [4.78, 5) is 58.4. The van der Waals surface area contributed by atoms with E-state index < -0.39 is 91.5 Å². The smallest absolute Gasteiger partial charge is 0.463 e. The van der Waals surface area contributed by atoms with Crippen LogP contribution < -0.4 is 0 Å². The lowest BCUT2D eigenvalue weighted by Gasteiger charge is -2.21. The Morgan fingerprint density at radius 1 is 0.301 bits per heavy atom. The summed E-state index contributed by atoms with van der Waals surface area (Å²) in [6.07, 6.45) is 81.4. The maximum atomic E-state index is 12.9. The molecule has 18 heteroatoms. The standard InChI is InChI=1S/C75H122O16P2/c1-4-7-10-13-16-19-22-25-28-31-32-33-34-35-36-39-41-43-46-49-52-55-58-61-73(78)85-64-70(76)65-87-92(81,82)88-66-71(77)67-89-93(83,84)90-69-72(91-75(80)63-60-57-54-51-48-45-42-38-30-27-24-21-18-15-12-9-6-3)68-86-74(79)62-59-56-53-50-47-44-40-37-29-26-23-20-17-14-11-8-5-2/h7-12,16-21,25-30,32-33,35-36,40-41,43-44,70-72,76-77H,4-6,13-15,22-24,31,34,37-39,42,45-69H2,1-3H3,(H,81,82)(H,83,84)/b10-7-,11-8-,12-9-,19-16-,20-17-,21-18-,28-25-,29-26-,30-27-,33-32-,36-35-,43-41-,44-40-. The van der Waals surface area contributed by atoms with Gasteiger partial charge in [-0.3, -0.25) is 32.5 Å². The number of carbonyl (C=O) groups excluding carboxylic acids is 3. The van der Waals surface area contributed by atoms with Crippen molar-refractivity contribution >= 4 is 33.6 Å². The third kappa shape index (κ3) is 68.4. The lowest BCUT2D eigenvalue weighted by atomic mass is 10.1. The fourth-order valence-corrected chi connectivity index (χ4v) is 10.1. The van der Waals surface area contributed by atoms with Crippen LogP contribution in [0, 0.1) is 0 Å². The first-order valence-electron chi connectivity index (χ1n) is 34.8. The molecule has 0 aliphatic heterocycles. The Morgan fingerprint density at radius 3 is 0.849 bits per heavy atom. The zero-order chi connectivity index (χ0) is 68.1. The molecule has 0 saturated carbocycles. The van der Waals surface area contributed by atoms with E-state index in [-0.39, 0.29) is 19.3 Å². The van der Waals surface area contributed by atoms with Gasteiger partial charge in [-0.1, -0.05) is 237 Å². The minimum atomic E-state index is -4.94. The van der Waals surface area contributed by atoms with Gasteiger partial charge in [0.05, 0.1) is 26.4 Å². The molecule has 0 amide bonds. The minimum absolute atomic E-state index is 0.0813. The normalized spacial score (nSPS) is 15.1. The van der Waals surface area contributed by atoms with Gasteiger partial charge < -0.3 is 34.2 Å². The zero-order valence-electron chi connectivity index (χ0n) is 57.1. The van der Waals surface area contributed by atoms with Crippen LogP contribution in [0.3, 0.4) is 0 Å². The largest absolute Gasteiger partial charge is 0.472 e. The molecule has 0 aliphatic carbocycles. The number of aliphatic hydroxyl groups excluding tert-OH is 2. The van der Waals surface area contributed by atoms with Gasteiger partial charge in [0, 0.05) is 19.3 Å². The highest BCUT2D eigenvalue weighted by atomic mass is 31.2. The number of esters is 3. The van der Waals surface area contributed by atoms with Gasteiger partial charge >= 0.3 is 33.6 Å². The molecule has 0 aromatic rings. The summed E-state index contributed by atoms with van der Waals surface area (Å²) in [5, 5.41) is 20.6. The Balaban J connectivity index is 4.72. The molecule has 93 heavy (non-hydrogen) atoms. The van der Waals surface area contributed by atoms with E-state index in [9.17, 15) is 43.5 Å². The first-order valence-corrected chi connectivity index (χ1v) is 37.8. The molecule has 5 unspecified atom stereocenters. The Hall–Kier alpha value is -4.83. The molecule has 0 aromatic carbocycles. The highest BCUT2D eigenvalue weighted by Gasteiger charge is 2.29. The molecule has 528 valence electrons. The third-order valence-electron chi connectivity index (χ3n) is 13.7. The molecule has 0 rings (SSSR count). The maximum Gasteiger partial charge on any atom is 0.472 e. The summed E-state index contributed by atoms with van der Waals surface area (Å²) in [5.41, 5.74) is 0. The van der Waals surface area contributed by atoms with Crippen LogP contribution in [0.5, 0.6) is 0 Å². The number of phosphoric acid groups is 2.